The number of aryl methyl sites for hydroxylation is 1. The van der Waals surface area contributed by atoms with Crippen LogP contribution in [0.5, 0.6) is 5.75 Å². The maximum absolute atomic E-state index is 13.1. The molecule has 0 aliphatic carbocycles. The molecule has 6 nitrogen and oxygen atoms in total. The number of fused-ring (bicyclic) bond motifs is 1. The van der Waals surface area contributed by atoms with Gasteiger partial charge in [-0.05, 0) is 63.2 Å². The molecule has 0 aliphatic rings. The van der Waals surface area contributed by atoms with E-state index < -0.39 is 6.61 Å². The van der Waals surface area contributed by atoms with Crippen molar-refractivity contribution in [2.45, 2.75) is 39.1 Å². The zero-order valence-electron chi connectivity index (χ0n) is 18.9. The zero-order valence-corrected chi connectivity index (χ0v) is 19.7. The predicted octanol–water partition coefficient (Wildman–Crippen LogP) is 5.40. The first kappa shape index (κ1) is 23.7. The summed E-state index contributed by atoms with van der Waals surface area (Å²) in [6, 6.07) is 15.2. The van der Waals surface area contributed by atoms with E-state index in [1.165, 1.54) is 23.9 Å². The lowest BCUT2D eigenvalue weighted by Gasteiger charge is -2.12. The number of halogens is 2. The molecule has 0 amide bonds. The molecule has 176 valence electrons. The molecule has 0 saturated carbocycles. The third kappa shape index (κ3) is 4.61. The van der Waals surface area contributed by atoms with Crippen molar-refractivity contribution in [1.29, 1.82) is 0 Å². The van der Waals surface area contributed by atoms with Crippen molar-refractivity contribution in [1.82, 2.24) is 14.1 Å². The summed E-state index contributed by atoms with van der Waals surface area (Å²) in [5.74, 6) is 0.0989. The van der Waals surface area contributed by atoms with Gasteiger partial charge in [0, 0.05) is 29.2 Å². The minimum absolute atomic E-state index is 0.0683. The van der Waals surface area contributed by atoms with Crippen molar-refractivity contribution in [3.8, 4) is 11.4 Å². The van der Waals surface area contributed by atoms with Gasteiger partial charge in [0.2, 0.25) is 0 Å². The van der Waals surface area contributed by atoms with Crippen LogP contribution in [-0.4, -0.2) is 32.3 Å². The fourth-order valence-electron chi connectivity index (χ4n) is 3.96. The lowest BCUT2D eigenvalue weighted by Crippen LogP contribution is -2.22. The molecular weight excluding hydrogens is 460 g/mol. The van der Waals surface area contributed by atoms with E-state index in [0.717, 1.165) is 17.1 Å². The van der Waals surface area contributed by atoms with Crippen LogP contribution in [0, 0.1) is 13.8 Å². The normalized spacial score (nSPS) is 11.4. The van der Waals surface area contributed by atoms with Crippen molar-refractivity contribution >= 4 is 28.4 Å². The summed E-state index contributed by atoms with van der Waals surface area (Å²) in [5.41, 5.74) is 3.35. The van der Waals surface area contributed by atoms with Crippen molar-refractivity contribution in [2.24, 2.45) is 0 Å². The van der Waals surface area contributed by atoms with Crippen LogP contribution >= 0.6 is 11.8 Å². The van der Waals surface area contributed by atoms with E-state index in [1.54, 1.807) is 34.9 Å². The van der Waals surface area contributed by atoms with Crippen LogP contribution in [-0.2, 0) is 6.54 Å². The van der Waals surface area contributed by atoms with Crippen molar-refractivity contribution in [3.05, 3.63) is 81.9 Å². The van der Waals surface area contributed by atoms with Gasteiger partial charge < -0.3 is 9.30 Å². The largest absolute Gasteiger partial charge is 0.435 e. The first-order valence-electron chi connectivity index (χ1n) is 10.7. The molecule has 2 aromatic carbocycles. The van der Waals surface area contributed by atoms with E-state index in [0.29, 0.717) is 28.2 Å². The number of benzene rings is 2. The van der Waals surface area contributed by atoms with Gasteiger partial charge in [0.25, 0.3) is 5.56 Å². The van der Waals surface area contributed by atoms with E-state index in [-0.39, 0.29) is 22.8 Å². The quantitative estimate of drug-likeness (QED) is 0.191. The molecular formula is C25H23F2N3O3S. The van der Waals surface area contributed by atoms with Gasteiger partial charge in [-0.1, -0.05) is 23.9 Å². The summed E-state index contributed by atoms with van der Waals surface area (Å²) >= 11 is 1.24. The molecule has 4 aromatic rings. The number of Topliss-reactive ketones (excluding diaryl/α,β-unsaturated/α-hetero) is 1. The van der Waals surface area contributed by atoms with E-state index in [4.69, 9.17) is 0 Å². The number of nitrogens with zero attached hydrogens (tertiary/aromatic N) is 3. The molecule has 0 aliphatic heterocycles. The van der Waals surface area contributed by atoms with Crippen molar-refractivity contribution in [3.63, 3.8) is 0 Å². The number of ether oxygens (including phenoxy) is 1. The standard InChI is InChI=1S/C25H23F2N3O3S/c1-4-29-23(32)19-7-5-6-8-21(19)28-25(29)34-14-22(31)20-13-15(2)30(16(20)3)17-9-11-18(12-10-17)33-24(26)27/h5-13,24H,4,14H2,1-3H3. The Bertz CT molecular complexity index is 1410. The second-order valence-corrected chi connectivity index (χ2v) is 8.61. The highest BCUT2D eigenvalue weighted by Crippen LogP contribution is 2.26. The molecule has 0 atom stereocenters. The number of alkyl halides is 2. The topological polar surface area (TPSA) is 66.1 Å². The zero-order chi connectivity index (χ0) is 24.4. The van der Waals surface area contributed by atoms with Crippen LogP contribution in [0.4, 0.5) is 8.78 Å². The van der Waals surface area contributed by atoms with E-state index in [2.05, 4.69) is 9.72 Å². The highest BCUT2D eigenvalue weighted by Gasteiger charge is 2.19. The average Bonchev–Trinajstić information content (AvgIpc) is 3.11. The molecule has 0 fully saturated rings. The van der Waals surface area contributed by atoms with Crippen molar-refractivity contribution in [2.75, 3.05) is 5.75 Å². The molecule has 2 aromatic heterocycles. The van der Waals surface area contributed by atoms with E-state index >= 15 is 0 Å². The van der Waals surface area contributed by atoms with Crippen LogP contribution in [0.2, 0.25) is 0 Å². The van der Waals surface area contributed by atoms with Gasteiger partial charge in [0.1, 0.15) is 5.75 Å². The molecule has 9 heteroatoms. The number of aromatic nitrogens is 3. The van der Waals surface area contributed by atoms with E-state index in [1.807, 2.05) is 37.5 Å². The van der Waals surface area contributed by atoms with Gasteiger partial charge in [0.05, 0.1) is 16.7 Å². The number of ketones is 1. The molecule has 0 bridgehead atoms. The Hall–Kier alpha value is -3.46. The van der Waals surface area contributed by atoms with E-state index in [9.17, 15) is 18.4 Å². The molecule has 0 spiro atoms. The molecule has 2 heterocycles. The Morgan fingerprint density at radius 3 is 2.50 bits per heavy atom. The molecule has 0 unspecified atom stereocenters. The smallest absolute Gasteiger partial charge is 0.387 e. The Morgan fingerprint density at radius 2 is 1.82 bits per heavy atom. The highest BCUT2D eigenvalue weighted by atomic mass is 32.2. The molecule has 0 N–H and O–H groups in total. The lowest BCUT2D eigenvalue weighted by atomic mass is 10.2. The summed E-state index contributed by atoms with van der Waals surface area (Å²) in [4.78, 5) is 30.5. The van der Waals surface area contributed by atoms with Gasteiger partial charge in [-0.2, -0.15) is 8.78 Å². The lowest BCUT2D eigenvalue weighted by molar-refractivity contribution is -0.0498. The fraction of sp³-hybridized carbons (Fsp3) is 0.240. The number of para-hydroxylation sites is 1. The number of carbonyl (C=O) groups is 1. The van der Waals surface area contributed by atoms with Gasteiger partial charge in [0.15, 0.2) is 10.9 Å². The molecule has 0 radical (unpaired) electrons. The fourth-order valence-corrected chi connectivity index (χ4v) is 4.91. The van der Waals surface area contributed by atoms with Gasteiger partial charge in [-0.25, -0.2) is 4.98 Å². The maximum Gasteiger partial charge on any atom is 0.387 e. The van der Waals surface area contributed by atoms with Crippen molar-refractivity contribution < 1.29 is 18.3 Å². The summed E-state index contributed by atoms with van der Waals surface area (Å²) < 4.78 is 32.7. The van der Waals surface area contributed by atoms with Crippen LogP contribution in [0.15, 0.2) is 64.5 Å². The minimum Gasteiger partial charge on any atom is -0.435 e. The number of hydrogen-bond donors (Lipinski definition) is 0. The number of carbonyl (C=O) groups excluding carboxylic acids is 1. The first-order valence-corrected chi connectivity index (χ1v) is 11.7. The molecule has 0 saturated heterocycles. The second kappa shape index (κ2) is 9.80. The Balaban J connectivity index is 1.58. The predicted molar refractivity (Wildman–Crippen MR) is 129 cm³/mol. The molecule has 34 heavy (non-hydrogen) atoms. The summed E-state index contributed by atoms with van der Waals surface area (Å²) in [6.07, 6.45) is 0. The van der Waals surface area contributed by atoms with Gasteiger partial charge in [-0.3, -0.25) is 14.2 Å². The first-order chi connectivity index (χ1) is 16.3. The number of rotatable bonds is 8. The summed E-state index contributed by atoms with van der Waals surface area (Å²) in [7, 11) is 0. The maximum atomic E-state index is 13.1. The third-order valence-corrected chi connectivity index (χ3v) is 6.50. The number of thioether (sulfide) groups is 1. The highest BCUT2D eigenvalue weighted by molar-refractivity contribution is 7.99. The van der Waals surface area contributed by atoms with Crippen LogP contribution < -0.4 is 10.3 Å². The SMILES string of the molecule is CCn1c(SCC(=O)c2cc(C)n(-c3ccc(OC(F)F)cc3)c2C)nc2ccccc2c1=O. The monoisotopic (exact) mass is 483 g/mol. The number of hydrogen-bond acceptors (Lipinski definition) is 5. The minimum atomic E-state index is -2.89. The Morgan fingerprint density at radius 1 is 1.12 bits per heavy atom. The Kier molecular flexibility index (Phi) is 6.83. The summed E-state index contributed by atoms with van der Waals surface area (Å²) in [6.45, 7) is 3.15. The van der Waals surface area contributed by atoms with Gasteiger partial charge in [-0.15, -0.1) is 0 Å². The van der Waals surface area contributed by atoms with Gasteiger partial charge >= 0.3 is 6.61 Å². The third-order valence-electron chi connectivity index (χ3n) is 5.53. The molecule has 4 rings (SSSR count). The Labute approximate surface area is 199 Å². The van der Waals surface area contributed by atoms with Crippen LogP contribution in [0.1, 0.15) is 28.7 Å². The average molecular weight is 484 g/mol. The van der Waals surface area contributed by atoms with Crippen LogP contribution in [0.3, 0.4) is 0 Å². The summed E-state index contributed by atoms with van der Waals surface area (Å²) in [5, 5.41) is 1.05. The van der Waals surface area contributed by atoms with Crippen LogP contribution in [0.25, 0.3) is 16.6 Å². The second-order valence-electron chi connectivity index (χ2n) is 7.67.